The normalized spacial score (nSPS) is 11.5. The number of benzene rings is 1. The van der Waals surface area contributed by atoms with Crippen LogP contribution in [0.15, 0.2) is 59.8 Å². The number of carbonyl (C=O) groups excluding carboxylic acids is 1. The van der Waals surface area contributed by atoms with Gasteiger partial charge in [-0.15, -0.1) is 0 Å². The maximum Gasteiger partial charge on any atom is 0.357 e. The summed E-state index contributed by atoms with van der Waals surface area (Å²) < 4.78 is 38.4. The maximum absolute atomic E-state index is 13.4. The molecule has 0 unspecified atom stereocenters. The van der Waals surface area contributed by atoms with Gasteiger partial charge in [0.25, 0.3) is 0 Å². The number of hydrogen-bond acceptors (Lipinski definition) is 7. The molecule has 3 aromatic rings. The van der Waals surface area contributed by atoms with Gasteiger partial charge >= 0.3 is 16.1 Å². The number of nitrogens with zero attached hydrogens (tertiary/aromatic N) is 3. The summed E-state index contributed by atoms with van der Waals surface area (Å²) >= 11 is 0. The molecular formula is C22H25N3O5S. The molecule has 2 aromatic heterocycles. The summed E-state index contributed by atoms with van der Waals surface area (Å²) in [6.07, 6.45) is 1.94. The highest BCUT2D eigenvalue weighted by atomic mass is 32.2. The van der Waals surface area contributed by atoms with E-state index in [1.54, 1.807) is 53.2 Å². The number of carbonyl (C=O) groups is 1. The number of pyridine rings is 1. The van der Waals surface area contributed by atoms with Crippen molar-refractivity contribution in [3.63, 3.8) is 0 Å². The van der Waals surface area contributed by atoms with Crippen LogP contribution in [0.1, 0.15) is 43.4 Å². The molecule has 0 aliphatic carbocycles. The van der Waals surface area contributed by atoms with Gasteiger partial charge in [0.1, 0.15) is 11.6 Å². The molecule has 0 aliphatic rings. The van der Waals surface area contributed by atoms with Gasteiger partial charge in [0.05, 0.1) is 31.5 Å². The molecule has 0 spiro atoms. The van der Waals surface area contributed by atoms with Crippen molar-refractivity contribution in [1.82, 2.24) is 14.5 Å². The lowest BCUT2D eigenvalue weighted by Crippen LogP contribution is -2.19. The molecule has 0 amide bonds. The average Bonchev–Trinajstić information content (AvgIpc) is 3.12. The van der Waals surface area contributed by atoms with E-state index >= 15 is 0 Å². The molecule has 31 heavy (non-hydrogen) atoms. The van der Waals surface area contributed by atoms with Gasteiger partial charge in [-0.25, -0.2) is 4.98 Å². The SMILES string of the molecule is COC(=O)CCc1nc(C(C)C)c(S(=O)(=O)Oc2ccccc2)n1Cc1ccccn1. The van der Waals surface area contributed by atoms with Crippen LogP contribution in [0.3, 0.4) is 0 Å². The molecule has 0 bridgehead atoms. The van der Waals surface area contributed by atoms with Crippen LogP contribution in [0, 0.1) is 0 Å². The van der Waals surface area contributed by atoms with Crippen LogP contribution in [-0.2, 0) is 32.6 Å². The Morgan fingerprint density at radius 3 is 2.42 bits per heavy atom. The summed E-state index contributed by atoms with van der Waals surface area (Å²) in [6.45, 7) is 3.89. The maximum atomic E-state index is 13.4. The fraction of sp³-hybridized carbons (Fsp3) is 0.318. The first-order chi connectivity index (χ1) is 14.8. The van der Waals surface area contributed by atoms with Gasteiger partial charge in [0.2, 0.25) is 0 Å². The topological polar surface area (TPSA) is 100 Å². The number of methoxy groups -OCH3 is 1. The summed E-state index contributed by atoms with van der Waals surface area (Å²) in [5.74, 6) is 0.0725. The van der Waals surface area contributed by atoms with E-state index in [2.05, 4.69) is 9.97 Å². The highest BCUT2D eigenvalue weighted by Gasteiger charge is 2.31. The Labute approximate surface area is 182 Å². The molecule has 9 heteroatoms. The summed E-state index contributed by atoms with van der Waals surface area (Å²) in [5, 5.41) is -0.0307. The summed E-state index contributed by atoms with van der Waals surface area (Å²) in [6, 6.07) is 13.7. The van der Waals surface area contributed by atoms with Gasteiger partial charge in [-0.1, -0.05) is 38.1 Å². The number of rotatable bonds is 9. The molecule has 0 atom stereocenters. The second kappa shape index (κ2) is 9.74. The first-order valence-corrected chi connectivity index (χ1v) is 11.3. The third-order valence-corrected chi connectivity index (χ3v) is 5.90. The summed E-state index contributed by atoms with van der Waals surface area (Å²) in [4.78, 5) is 20.6. The lowest BCUT2D eigenvalue weighted by Gasteiger charge is -2.14. The van der Waals surface area contributed by atoms with E-state index < -0.39 is 16.1 Å². The molecule has 8 nitrogen and oxygen atoms in total. The van der Waals surface area contributed by atoms with Crippen molar-refractivity contribution < 1.29 is 22.1 Å². The van der Waals surface area contributed by atoms with E-state index in [-0.39, 0.29) is 36.1 Å². The van der Waals surface area contributed by atoms with E-state index in [0.29, 0.717) is 17.2 Å². The van der Waals surface area contributed by atoms with E-state index in [4.69, 9.17) is 8.92 Å². The molecule has 0 saturated carbocycles. The summed E-state index contributed by atoms with van der Waals surface area (Å²) in [5.41, 5.74) is 1.04. The Hall–Kier alpha value is -3.20. The van der Waals surface area contributed by atoms with Crippen molar-refractivity contribution >= 4 is 16.1 Å². The van der Waals surface area contributed by atoms with Gasteiger partial charge in [-0.05, 0) is 30.2 Å². The van der Waals surface area contributed by atoms with Crippen molar-refractivity contribution in [3.05, 3.63) is 71.9 Å². The van der Waals surface area contributed by atoms with E-state index in [1.165, 1.54) is 7.11 Å². The van der Waals surface area contributed by atoms with Gasteiger partial charge < -0.3 is 13.5 Å². The highest BCUT2D eigenvalue weighted by Crippen LogP contribution is 2.29. The summed E-state index contributed by atoms with van der Waals surface area (Å²) in [7, 11) is -2.90. The monoisotopic (exact) mass is 443 g/mol. The fourth-order valence-electron chi connectivity index (χ4n) is 3.11. The number of esters is 1. The van der Waals surface area contributed by atoms with E-state index in [9.17, 15) is 13.2 Å². The third-order valence-electron chi connectivity index (χ3n) is 4.58. The molecule has 3 rings (SSSR count). The number of hydrogen-bond donors (Lipinski definition) is 0. The molecule has 0 N–H and O–H groups in total. The van der Waals surface area contributed by atoms with Crippen LogP contribution in [0.5, 0.6) is 5.75 Å². The van der Waals surface area contributed by atoms with Crippen LogP contribution in [-0.4, -0.2) is 36.0 Å². The standard InChI is InChI=1S/C22H25N3O5S/c1-16(2)21-22(31(27,28)30-18-10-5-4-6-11-18)25(15-17-9-7-8-14-23-17)19(24-21)12-13-20(26)29-3/h4-11,14,16H,12-13,15H2,1-3H3. The Morgan fingerprint density at radius 1 is 1.10 bits per heavy atom. The number of ether oxygens (including phenoxy) is 1. The largest absolute Gasteiger partial charge is 0.469 e. The van der Waals surface area contributed by atoms with Crippen LogP contribution in [0.25, 0.3) is 0 Å². The second-order valence-corrected chi connectivity index (χ2v) is 8.67. The minimum absolute atomic E-state index is 0.0307. The van der Waals surface area contributed by atoms with Crippen molar-refractivity contribution in [2.45, 2.75) is 44.2 Å². The Kier molecular flexibility index (Phi) is 7.06. The Bertz CT molecular complexity index is 1130. The number of aromatic nitrogens is 3. The first kappa shape index (κ1) is 22.5. The van der Waals surface area contributed by atoms with Crippen molar-refractivity contribution in [2.24, 2.45) is 0 Å². The zero-order valence-corrected chi connectivity index (χ0v) is 18.5. The first-order valence-electron chi connectivity index (χ1n) is 9.87. The molecule has 0 aliphatic heterocycles. The van der Waals surface area contributed by atoms with Crippen LogP contribution in [0.4, 0.5) is 0 Å². The third kappa shape index (κ3) is 5.49. The lowest BCUT2D eigenvalue weighted by molar-refractivity contribution is -0.140. The number of imidazole rings is 1. The molecule has 1 aromatic carbocycles. The van der Waals surface area contributed by atoms with Crippen LogP contribution >= 0.6 is 0 Å². The van der Waals surface area contributed by atoms with Crippen molar-refractivity contribution in [3.8, 4) is 5.75 Å². The smallest absolute Gasteiger partial charge is 0.357 e. The zero-order chi connectivity index (χ0) is 22.4. The molecule has 0 radical (unpaired) electrons. The van der Waals surface area contributed by atoms with E-state index in [1.807, 2.05) is 19.9 Å². The van der Waals surface area contributed by atoms with Gasteiger partial charge in [-0.2, -0.15) is 8.42 Å². The molecular weight excluding hydrogens is 418 g/mol. The highest BCUT2D eigenvalue weighted by molar-refractivity contribution is 7.87. The van der Waals surface area contributed by atoms with Crippen LogP contribution < -0.4 is 4.18 Å². The Morgan fingerprint density at radius 2 is 1.81 bits per heavy atom. The van der Waals surface area contributed by atoms with Gasteiger partial charge in [0.15, 0.2) is 5.03 Å². The molecule has 2 heterocycles. The fourth-order valence-corrected chi connectivity index (χ4v) is 4.53. The molecule has 0 saturated heterocycles. The average molecular weight is 444 g/mol. The zero-order valence-electron chi connectivity index (χ0n) is 17.7. The Balaban J connectivity index is 2.11. The molecule has 164 valence electrons. The van der Waals surface area contributed by atoms with Gasteiger partial charge in [0, 0.05) is 12.6 Å². The number of para-hydroxylation sites is 1. The van der Waals surface area contributed by atoms with Crippen molar-refractivity contribution in [2.75, 3.05) is 7.11 Å². The van der Waals surface area contributed by atoms with Gasteiger partial charge in [-0.3, -0.25) is 9.78 Å². The minimum atomic E-state index is -4.21. The number of aryl methyl sites for hydroxylation is 1. The minimum Gasteiger partial charge on any atom is -0.469 e. The second-order valence-electron chi connectivity index (χ2n) is 7.21. The van der Waals surface area contributed by atoms with E-state index in [0.717, 1.165) is 0 Å². The quantitative estimate of drug-likeness (QED) is 0.369. The van der Waals surface area contributed by atoms with Crippen LogP contribution in [0.2, 0.25) is 0 Å². The molecule has 0 fully saturated rings. The predicted octanol–water partition coefficient (Wildman–Crippen LogP) is 3.32. The predicted molar refractivity (Wildman–Crippen MR) is 114 cm³/mol. The lowest BCUT2D eigenvalue weighted by atomic mass is 10.1. The van der Waals surface area contributed by atoms with Crippen molar-refractivity contribution in [1.29, 1.82) is 0 Å².